The van der Waals surface area contributed by atoms with Gasteiger partial charge in [-0.3, -0.25) is 10.1 Å². The molecule has 0 saturated carbocycles. The molecule has 0 amide bonds. The fraction of sp³-hybridized carbons (Fsp3) is 0.417. The number of non-ortho nitro benzene ring substituents is 1. The van der Waals surface area contributed by atoms with Gasteiger partial charge in [0.05, 0.1) is 28.6 Å². The van der Waals surface area contributed by atoms with Crippen molar-refractivity contribution in [1.82, 2.24) is 9.55 Å². The highest BCUT2D eigenvalue weighted by atomic mass is 16.6. The monoisotopic (exact) mass is 265 g/mol. The van der Waals surface area contributed by atoms with Crippen molar-refractivity contribution in [1.29, 1.82) is 0 Å². The summed E-state index contributed by atoms with van der Waals surface area (Å²) in [4.78, 5) is 14.4. The van der Waals surface area contributed by atoms with Crippen LogP contribution in [0.3, 0.4) is 0 Å². The Morgan fingerprint density at radius 1 is 1.47 bits per heavy atom. The van der Waals surface area contributed by atoms with E-state index in [0.29, 0.717) is 23.3 Å². The van der Waals surface area contributed by atoms with Crippen molar-refractivity contribution < 1.29 is 15.1 Å². The van der Waals surface area contributed by atoms with Gasteiger partial charge in [-0.2, -0.15) is 0 Å². The van der Waals surface area contributed by atoms with Crippen LogP contribution in [0.2, 0.25) is 0 Å². The SMILES string of the molecule is CC[C@H](CO)n1c(CO)nc2cc([N+](=O)[O-])ccc21. The molecule has 0 radical (unpaired) electrons. The lowest BCUT2D eigenvalue weighted by atomic mass is 10.2. The summed E-state index contributed by atoms with van der Waals surface area (Å²) in [6.45, 7) is 1.56. The number of nitrogens with zero attached hydrogens (tertiary/aromatic N) is 3. The summed E-state index contributed by atoms with van der Waals surface area (Å²) in [5, 5.41) is 29.5. The van der Waals surface area contributed by atoms with Crippen LogP contribution < -0.4 is 0 Å². The first-order valence-corrected chi connectivity index (χ1v) is 5.99. The molecule has 1 aromatic carbocycles. The Morgan fingerprint density at radius 2 is 2.21 bits per heavy atom. The minimum atomic E-state index is -0.486. The second kappa shape index (κ2) is 5.33. The Kier molecular flexibility index (Phi) is 3.77. The molecule has 0 spiro atoms. The Labute approximate surface area is 109 Å². The summed E-state index contributed by atoms with van der Waals surface area (Å²) < 4.78 is 1.74. The summed E-state index contributed by atoms with van der Waals surface area (Å²) >= 11 is 0. The number of aromatic nitrogens is 2. The van der Waals surface area contributed by atoms with Gasteiger partial charge in [0.1, 0.15) is 12.4 Å². The van der Waals surface area contributed by atoms with Crippen molar-refractivity contribution in [3.63, 3.8) is 0 Å². The largest absolute Gasteiger partial charge is 0.394 e. The number of rotatable bonds is 5. The van der Waals surface area contributed by atoms with Crippen LogP contribution >= 0.6 is 0 Å². The van der Waals surface area contributed by atoms with Gasteiger partial charge in [-0.05, 0) is 12.5 Å². The molecule has 0 saturated heterocycles. The van der Waals surface area contributed by atoms with Crippen molar-refractivity contribution in [3.8, 4) is 0 Å². The molecule has 102 valence electrons. The van der Waals surface area contributed by atoms with Gasteiger partial charge in [0, 0.05) is 12.1 Å². The van der Waals surface area contributed by atoms with E-state index in [9.17, 15) is 20.3 Å². The van der Waals surface area contributed by atoms with E-state index in [1.807, 2.05) is 6.92 Å². The molecule has 0 aliphatic carbocycles. The summed E-state index contributed by atoms with van der Waals surface area (Å²) in [6.07, 6.45) is 0.673. The molecule has 0 bridgehead atoms. The van der Waals surface area contributed by atoms with E-state index in [1.54, 1.807) is 10.6 Å². The quantitative estimate of drug-likeness (QED) is 0.628. The summed E-state index contributed by atoms with van der Waals surface area (Å²) in [7, 11) is 0. The molecule has 2 N–H and O–H groups in total. The second-order valence-corrected chi connectivity index (χ2v) is 4.23. The summed E-state index contributed by atoms with van der Waals surface area (Å²) in [6, 6.07) is 4.16. The standard InChI is InChI=1S/C12H15N3O4/c1-2-8(6-16)14-11-4-3-9(15(18)19)5-10(11)13-12(14)7-17/h3-5,8,16-17H,2,6-7H2,1H3/t8-/m1/s1. The number of nitro benzene ring substituents is 1. The van der Waals surface area contributed by atoms with E-state index in [1.165, 1.54) is 12.1 Å². The molecule has 2 rings (SSSR count). The van der Waals surface area contributed by atoms with Gasteiger partial charge in [-0.25, -0.2) is 4.98 Å². The molecular weight excluding hydrogens is 250 g/mol. The molecule has 1 atom stereocenters. The maximum Gasteiger partial charge on any atom is 0.271 e. The molecule has 19 heavy (non-hydrogen) atoms. The number of nitro groups is 1. The van der Waals surface area contributed by atoms with Gasteiger partial charge in [0.2, 0.25) is 0 Å². The number of hydrogen-bond donors (Lipinski definition) is 2. The fourth-order valence-electron chi connectivity index (χ4n) is 2.16. The molecule has 0 fully saturated rings. The van der Waals surface area contributed by atoms with Gasteiger partial charge >= 0.3 is 0 Å². The van der Waals surface area contributed by atoms with Crippen LogP contribution in [0.4, 0.5) is 5.69 Å². The predicted molar refractivity (Wildman–Crippen MR) is 68.7 cm³/mol. The third-order valence-electron chi connectivity index (χ3n) is 3.15. The first-order valence-electron chi connectivity index (χ1n) is 5.99. The zero-order valence-corrected chi connectivity index (χ0v) is 10.5. The Hall–Kier alpha value is -1.99. The van der Waals surface area contributed by atoms with Gasteiger partial charge in [-0.1, -0.05) is 6.92 Å². The van der Waals surface area contributed by atoms with Crippen molar-refractivity contribution in [2.75, 3.05) is 6.61 Å². The normalized spacial score (nSPS) is 12.8. The van der Waals surface area contributed by atoms with Crippen LogP contribution in [-0.2, 0) is 6.61 Å². The van der Waals surface area contributed by atoms with Crippen molar-refractivity contribution in [3.05, 3.63) is 34.1 Å². The van der Waals surface area contributed by atoms with Gasteiger partial charge < -0.3 is 14.8 Å². The molecule has 7 heteroatoms. The first-order chi connectivity index (χ1) is 9.12. The molecular formula is C12H15N3O4. The highest BCUT2D eigenvalue weighted by molar-refractivity contribution is 5.79. The molecule has 1 aromatic heterocycles. The minimum absolute atomic E-state index is 0.0429. The number of aliphatic hydroxyl groups excluding tert-OH is 2. The highest BCUT2D eigenvalue weighted by Gasteiger charge is 2.18. The van der Waals surface area contributed by atoms with Crippen LogP contribution in [0.1, 0.15) is 25.2 Å². The smallest absolute Gasteiger partial charge is 0.271 e. The minimum Gasteiger partial charge on any atom is -0.394 e. The molecule has 0 aliphatic heterocycles. The Morgan fingerprint density at radius 3 is 2.74 bits per heavy atom. The maximum absolute atomic E-state index is 10.7. The number of hydrogen-bond acceptors (Lipinski definition) is 5. The lowest BCUT2D eigenvalue weighted by molar-refractivity contribution is -0.384. The van der Waals surface area contributed by atoms with E-state index in [2.05, 4.69) is 4.98 Å². The van der Waals surface area contributed by atoms with Crippen molar-refractivity contribution in [2.24, 2.45) is 0 Å². The predicted octanol–water partition coefficient (Wildman–Crippen LogP) is 1.38. The topological polar surface area (TPSA) is 101 Å². The zero-order valence-electron chi connectivity index (χ0n) is 10.5. The van der Waals surface area contributed by atoms with Gasteiger partial charge in [0.15, 0.2) is 0 Å². The number of imidazole rings is 1. The van der Waals surface area contributed by atoms with Crippen LogP contribution in [0.25, 0.3) is 11.0 Å². The van der Waals surface area contributed by atoms with Crippen LogP contribution in [0.15, 0.2) is 18.2 Å². The molecule has 7 nitrogen and oxygen atoms in total. The van der Waals surface area contributed by atoms with Crippen molar-refractivity contribution >= 4 is 16.7 Å². The second-order valence-electron chi connectivity index (χ2n) is 4.23. The van der Waals surface area contributed by atoms with Crippen molar-refractivity contribution in [2.45, 2.75) is 26.0 Å². The maximum atomic E-state index is 10.7. The van der Waals surface area contributed by atoms with Crippen LogP contribution in [-0.4, -0.2) is 31.3 Å². The molecule has 1 heterocycles. The van der Waals surface area contributed by atoms with Gasteiger partial charge in [-0.15, -0.1) is 0 Å². The molecule has 2 aromatic rings. The third-order valence-corrected chi connectivity index (χ3v) is 3.15. The molecule has 0 aliphatic rings. The third kappa shape index (κ3) is 2.29. The number of benzene rings is 1. The number of fused-ring (bicyclic) bond motifs is 1. The fourth-order valence-corrected chi connectivity index (χ4v) is 2.16. The Balaban J connectivity index is 2.65. The average molecular weight is 265 g/mol. The lowest BCUT2D eigenvalue weighted by Gasteiger charge is -2.17. The number of aliphatic hydroxyl groups is 2. The van der Waals surface area contributed by atoms with Crippen LogP contribution in [0.5, 0.6) is 0 Å². The highest BCUT2D eigenvalue weighted by Crippen LogP contribution is 2.26. The van der Waals surface area contributed by atoms with E-state index < -0.39 is 4.92 Å². The average Bonchev–Trinajstić information content (AvgIpc) is 2.78. The van der Waals surface area contributed by atoms with Gasteiger partial charge in [0.25, 0.3) is 5.69 Å². The lowest BCUT2D eigenvalue weighted by Crippen LogP contribution is -2.15. The summed E-state index contributed by atoms with van der Waals surface area (Å²) in [5.41, 5.74) is 1.08. The zero-order chi connectivity index (χ0) is 14.0. The first kappa shape index (κ1) is 13.4. The van der Waals surface area contributed by atoms with E-state index in [4.69, 9.17) is 0 Å². The summed E-state index contributed by atoms with van der Waals surface area (Å²) in [5.74, 6) is 0.399. The van der Waals surface area contributed by atoms with E-state index in [-0.39, 0.29) is 24.9 Å². The van der Waals surface area contributed by atoms with E-state index >= 15 is 0 Å². The van der Waals surface area contributed by atoms with E-state index in [0.717, 1.165) is 0 Å². The Bertz CT molecular complexity index is 604. The van der Waals surface area contributed by atoms with Crippen LogP contribution in [0, 0.1) is 10.1 Å². The molecule has 0 unspecified atom stereocenters.